The van der Waals surface area contributed by atoms with Gasteiger partial charge in [-0.25, -0.2) is 4.39 Å². The van der Waals surface area contributed by atoms with E-state index < -0.39 is 39.1 Å². The molecule has 0 radical (unpaired) electrons. The number of hydrogen-bond donors (Lipinski definition) is 2. The molecule has 2 aromatic rings. The summed E-state index contributed by atoms with van der Waals surface area (Å²) in [6, 6.07) is 8.24. The molecule has 5 nitrogen and oxygen atoms in total. The van der Waals surface area contributed by atoms with Crippen LogP contribution in [-0.4, -0.2) is 18.9 Å². The molecule has 146 valence electrons. The van der Waals surface area contributed by atoms with Gasteiger partial charge < -0.3 is 5.73 Å². The van der Waals surface area contributed by atoms with E-state index in [2.05, 4.69) is 0 Å². The summed E-state index contributed by atoms with van der Waals surface area (Å²) in [6.07, 6.45) is -3.50. The molecule has 11 heteroatoms. The number of halogens is 5. The first-order chi connectivity index (χ1) is 12.3. The lowest BCUT2D eigenvalue weighted by atomic mass is 10.1. The molecule has 0 saturated heterocycles. The zero-order valence-electron chi connectivity index (χ0n) is 13.2. The molecule has 3 N–H and O–H groups in total. The van der Waals surface area contributed by atoms with Crippen LogP contribution in [0.15, 0.2) is 47.9 Å². The lowest BCUT2D eigenvalue weighted by Gasteiger charge is -2.09. The van der Waals surface area contributed by atoms with E-state index in [1.807, 2.05) is 0 Å². The van der Waals surface area contributed by atoms with E-state index in [-0.39, 0.29) is 6.07 Å². The van der Waals surface area contributed by atoms with Crippen molar-refractivity contribution >= 4 is 33.7 Å². The SMILES string of the molecule is NC(=O)c1ccc(F)cc1C(F)(F)F.O=S(=O)(O)/C=C/c1ccc(Cl)cc1. The van der Waals surface area contributed by atoms with Crippen LogP contribution in [0.2, 0.25) is 5.02 Å². The molecule has 2 rings (SSSR count). The van der Waals surface area contributed by atoms with Gasteiger partial charge in [-0.15, -0.1) is 0 Å². The largest absolute Gasteiger partial charge is 0.417 e. The molecule has 0 saturated carbocycles. The molecule has 2 aromatic carbocycles. The Hall–Kier alpha value is -2.43. The molecule has 0 spiro atoms. The van der Waals surface area contributed by atoms with Crippen LogP contribution in [0, 0.1) is 5.82 Å². The maximum absolute atomic E-state index is 12.5. The highest BCUT2D eigenvalue weighted by Gasteiger charge is 2.35. The predicted octanol–water partition coefficient (Wildman–Crippen LogP) is 4.14. The molecule has 0 aliphatic carbocycles. The van der Waals surface area contributed by atoms with Crippen molar-refractivity contribution in [1.29, 1.82) is 0 Å². The Morgan fingerprint density at radius 3 is 2.11 bits per heavy atom. The first-order valence-corrected chi connectivity index (χ1v) is 8.75. The third kappa shape index (κ3) is 8.20. The van der Waals surface area contributed by atoms with Crippen molar-refractivity contribution in [2.45, 2.75) is 6.18 Å². The van der Waals surface area contributed by atoms with Crippen LogP contribution in [0.4, 0.5) is 17.6 Å². The highest BCUT2D eigenvalue weighted by atomic mass is 35.5. The Bertz CT molecular complexity index is 942. The normalized spacial score (nSPS) is 11.8. The number of rotatable bonds is 3. The minimum atomic E-state index is -4.79. The Balaban J connectivity index is 0.000000271. The van der Waals surface area contributed by atoms with E-state index in [0.717, 1.165) is 11.5 Å². The highest BCUT2D eigenvalue weighted by molar-refractivity contribution is 7.88. The van der Waals surface area contributed by atoms with Gasteiger partial charge in [0.15, 0.2) is 0 Å². The molecule has 0 unspecified atom stereocenters. The van der Waals surface area contributed by atoms with Gasteiger partial charge in [0, 0.05) is 5.02 Å². The molecule has 0 aliphatic heterocycles. The standard InChI is InChI=1S/C8H7ClO3S.C8H5F4NO/c9-8-3-1-7(2-4-8)5-6-13(10,11)12;9-4-1-2-5(7(13)14)6(3-4)8(10,11)12/h1-6H,(H,10,11,12);1-3H,(H2,13,14)/b6-5+;. The van der Waals surface area contributed by atoms with Gasteiger partial charge in [-0.2, -0.15) is 21.6 Å². The van der Waals surface area contributed by atoms with E-state index in [4.69, 9.17) is 21.9 Å². The minimum absolute atomic E-state index is 0.236. The molecule has 0 heterocycles. The molecule has 27 heavy (non-hydrogen) atoms. The zero-order chi connectivity index (χ0) is 20.8. The van der Waals surface area contributed by atoms with Crippen molar-refractivity contribution in [2.75, 3.05) is 0 Å². The van der Waals surface area contributed by atoms with E-state index in [1.54, 1.807) is 24.3 Å². The van der Waals surface area contributed by atoms with Gasteiger partial charge in [0.25, 0.3) is 10.1 Å². The van der Waals surface area contributed by atoms with Crippen LogP contribution in [0.5, 0.6) is 0 Å². The lowest BCUT2D eigenvalue weighted by Crippen LogP contribution is -2.18. The second-order valence-electron chi connectivity index (χ2n) is 4.92. The van der Waals surface area contributed by atoms with Crippen LogP contribution in [0.1, 0.15) is 21.5 Å². The van der Waals surface area contributed by atoms with Gasteiger partial charge in [-0.3, -0.25) is 9.35 Å². The van der Waals surface area contributed by atoms with Crippen molar-refractivity contribution in [3.8, 4) is 0 Å². The van der Waals surface area contributed by atoms with Crippen molar-refractivity contribution in [1.82, 2.24) is 0 Å². The van der Waals surface area contributed by atoms with Crippen LogP contribution in [-0.2, 0) is 16.3 Å². The third-order valence-corrected chi connectivity index (χ3v) is 3.59. The summed E-state index contributed by atoms with van der Waals surface area (Å²) in [5.41, 5.74) is 3.26. The van der Waals surface area contributed by atoms with Crippen molar-refractivity contribution in [2.24, 2.45) is 5.73 Å². The Kier molecular flexibility index (Phi) is 7.52. The summed E-state index contributed by atoms with van der Waals surface area (Å²) in [6.45, 7) is 0. The number of amides is 1. The summed E-state index contributed by atoms with van der Waals surface area (Å²) < 4.78 is 78.2. The number of benzene rings is 2. The minimum Gasteiger partial charge on any atom is -0.366 e. The topological polar surface area (TPSA) is 97.5 Å². The average Bonchev–Trinajstić information content (AvgIpc) is 2.53. The summed E-state index contributed by atoms with van der Waals surface area (Å²) in [5.74, 6) is -2.31. The molecule has 0 aliphatic rings. The fraction of sp³-hybridized carbons (Fsp3) is 0.0625. The Labute approximate surface area is 156 Å². The van der Waals surface area contributed by atoms with E-state index in [0.29, 0.717) is 16.7 Å². The zero-order valence-corrected chi connectivity index (χ0v) is 14.8. The van der Waals surface area contributed by atoms with Crippen molar-refractivity contribution < 1.29 is 35.3 Å². The van der Waals surface area contributed by atoms with Crippen LogP contribution < -0.4 is 5.73 Å². The fourth-order valence-electron chi connectivity index (χ4n) is 1.70. The van der Waals surface area contributed by atoms with Crippen LogP contribution in [0.3, 0.4) is 0 Å². The monoisotopic (exact) mass is 425 g/mol. The molecule has 0 bridgehead atoms. The Morgan fingerprint density at radius 2 is 1.67 bits per heavy atom. The summed E-state index contributed by atoms with van der Waals surface area (Å²) in [4.78, 5) is 10.6. The third-order valence-electron chi connectivity index (χ3n) is 2.85. The molecule has 0 atom stereocenters. The van der Waals surface area contributed by atoms with Gasteiger partial charge in [-0.05, 0) is 42.0 Å². The van der Waals surface area contributed by atoms with Crippen molar-refractivity contribution in [3.05, 3.63) is 75.4 Å². The maximum Gasteiger partial charge on any atom is 0.417 e. The lowest BCUT2D eigenvalue weighted by molar-refractivity contribution is -0.138. The van der Waals surface area contributed by atoms with E-state index in [9.17, 15) is 30.8 Å². The van der Waals surface area contributed by atoms with Gasteiger partial charge >= 0.3 is 6.18 Å². The quantitative estimate of drug-likeness (QED) is 0.570. The summed E-state index contributed by atoms with van der Waals surface area (Å²) in [5, 5.41) is 1.29. The summed E-state index contributed by atoms with van der Waals surface area (Å²) in [7, 11) is -4.05. The number of hydrogen-bond acceptors (Lipinski definition) is 3. The molecule has 0 fully saturated rings. The highest BCUT2D eigenvalue weighted by Crippen LogP contribution is 2.32. The second-order valence-corrected chi connectivity index (χ2v) is 6.66. The molecular weight excluding hydrogens is 414 g/mol. The molecule has 1 amide bonds. The number of carbonyl (C=O) groups is 1. The second kappa shape index (κ2) is 8.98. The first kappa shape index (κ1) is 22.6. The fourth-order valence-corrected chi connectivity index (χ4v) is 2.16. The Morgan fingerprint density at radius 1 is 1.11 bits per heavy atom. The molecule has 0 aromatic heterocycles. The number of primary amides is 1. The van der Waals surface area contributed by atoms with Crippen LogP contribution >= 0.6 is 11.6 Å². The van der Waals surface area contributed by atoms with E-state index in [1.165, 1.54) is 6.08 Å². The van der Waals surface area contributed by atoms with Crippen LogP contribution in [0.25, 0.3) is 6.08 Å². The molecular formula is C16H12ClF4NO4S. The van der Waals surface area contributed by atoms with Crippen molar-refractivity contribution in [3.63, 3.8) is 0 Å². The van der Waals surface area contributed by atoms with Gasteiger partial charge in [0.2, 0.25) is 5.91 Å². The predicted molar refractivity (Wildman–Crippen MR) is 92.0 cm³/mol. The summed E-state index contributed by atoms with van der Waals surface area (Å²) >= 11 is 5.61. The maximum atomic E-state index is 12.5. The first-order valence-electron chi connectivity index (χ1n) is 6.87. The van der Waals surface area contributed by atoms with Gasteiger partial charge in [-0.1, -0.05) is 23.7 Å². The number of carbonyl (C=O) groups excluding carboxylic acids is 1. The number of nitrogens with two attached hydrogens (primary N) is 1. The van der Waals surface area contributed by atoms with Gasteiger partial charge in [0.05, 0.1) is 16.5 Å². The van der Waals surface area contributed by atoms with E-state index >= 15 is 0 Å². The van der Waals surface area contributed by atoms with Gasteiger partial charge in [0.1, 0.15) is 5.82 Å². The number of alkyl halides is 3. The average molecular weight is 426 g/mol. The smallest absolute Gasteiger partial charge is 0.366 e.